The second-order valence-electron chi connectivity index (χ2n) is 5.84. The molecule has 2 amide bonds. The van der Waals surface area contributed by atoms with E-state index in [2.05, 4.69) is 10.3 Å². The predicted octanol–water partition coefficient (Wildman–Crippen LogP) is 3.99. The molecule has 26 heavy (non-hydrogen) atoms. The van der Waals surface area contributed by atoms with Gasteiger partial charge in [-0.15, -0.1) is 11.3 Å². The van der Waals surface area contributed by atoms with Crippen LogP contribution in [0.5, 0.6) is 0 Å². The fourth-order valence-corrected chi connectivity index (χ4v) is 4.33. The maximum absolute atomic E-state index is 12.6. The van der Waals surface area contributed by atoms with Gasteiger partial charge in [-0.05, 0) is 25.5 Å². The van der Waals surface area contributed by atoms with Crippen LogP contribution in [0.1, 0.15) is 23.2 Å². The van der Waals surface area contributed by atoms with Crippen LogP contribution >= 0.6 is 35.3 Å². The zero-order valence-electron chi connectivity index (χ0n) is 14.3. The molecule has 1 aliphatic heterocycles. The van der Waals surface area contributed by atoms with Gasteiger partial charge in [-0.25, -0.2) is 4.98 Å². The van der Waals surface area contributed by atoms with Crippen LogP contribution < -0.4 is 5.32 Å². The summed E-state index contributed by atoms with van der Waals surface area (Å²) >= 11 is 7.95. The molecule has 0 aliphatic carbocycles. The summed E-state index contributed by atoms with van der Waals surface area (Å²) in [4.78, 5) is 30.9. The molecule has 0 saturated carbocycles. The molecule has 1 aromatic heterocycles. The Morgan fingerprint density at radius 3 is 2.69 bits per heavy atom. The first-order chi connectivity index (χ1) is 12.4. The van der Waals surface area contributed by atoms with E-state index >= 15 is 0 Å². The zero-order valence-corrected chi connectivity index (χ0v) is 16.8. The lowest BCUT2D eigenvalue weighted by Gasteiger charge is -2.13. The average molecular weight is 404 g/mol. The Morgan fingerprint density at radius 1 is 1.31 bits per heavy atom. The van der Waals surface area contributed by atoms with E-state index in [9.17, 15) is 9.59 Å². The standard InChI is InChI=1S/C18H17N3O2S3/c1-11-3-5-13(6-4-11)9-14-16(23)21(18(24)26-14)8-7-15(22)20-17-19-12(2)10-25-17/h3-6,9-10H,7-8H2,1-2H3,(H,19,20,22). The number of thiazole rings is 1. The van der Waals surface area contributed by atoms with E-state index in [-0.39, 0.29) is 24.8 Å². The molecule has 2 heterocycles. The van der Waals surface area contributed by atoms with Gasteiger partial charge in [0, 0.05) is 18.3 Å². The molecular formula is C18H17N3O2S3. The summed E-state index contributed by atoms with van der Waals surface area (Å²) in [6.45, 7) is 4.14. The fourth-order valence-electron chi connectivity index (χ4n) is 2.31. The molecule has 0 spiro atoms. The number of aromatic nitrogens is 1. The lowest BCUT2D eigenvalue weighted by atomic mass is 10.1. The molecule has 1 aromatic carbocycles. The van der Waals surface area contributed by atoms with E-state index in [4.69, 9.17) is 12.2 Å². The minimum Gasteiger partial charge on any atom is -0.302 e. The van der Waals surface area contributed by atoms with Gasteiger partial charge in [-0.1, -0.05) is 53.8 Å². The molecule has 0 unspecified atom stereocenters. The highest BCUT2D eigenvalue weighted by Crippen LogP contribution is 2.32. The quantitative estimate of drug-likeness (QED) is 0.604. The Bertz CT molecular complexity index is 887. The average Bonchev–Trinajstić information content (AvgIpc) is 3.11. The van der Waals surface area contributed by atoms with Gasteiger partial charge >= 0.3 is 0 Å². The van der Waals surface area contributed by atoms with Crippen molar-refractivity contribution in [3.8, 4) is 0 Å². The number of hydrogen-bond donors (Lipinski definition) is 1. The number of benzene rings is 1. The SMILES string of the molecule is Cc1ccc(C=C2SC(=S)N(CCC(=O)Nc3nc(C)cs3)C2=O)cc1. The van der Waals surface area contributed by atoms with Gasteiger partial charge in [0.15, 0.2) is 5.13 Å². The summed E-state index contributed by atoms with van der Waals surface area (Å²) < 4.78 is 0.478. The summed E-state index contributed by atoms with van der Waals surface area (Å²) in [5.41, 5.74) is 2.98. The minimum absolute atomic E-state index is 0.154. The van der Waals surface area contributed by atoms with Crippen LogP contribution in [0.4, 0.5) is 5.13 Å². The number of carbonyl (C=O) groups excluding carboxylic acids is 2. The zero-order chi connectivity index (χ0) is 18.7. The van der Waals surface area contributed by atoms with Crippen molar-refractivity contribution >= 4 is 62.7 Å². The Hall–Kier alpha value is -2.03. The van der Waals surface area contributed by atoms with Crippen LogP contribution in [0.3, 0.4) is 0 Å². The van der Waals surface area contributed by atoms with E-state index in [1.807, 2.05) is 49.6 Å². The van der Waals surface area contributed by atoms with Crippen LogP contribution in [0.2, 0.25) is 0 Å². The summed E-state index contributed by atoms with van der Waals surface area (Å²) in [6, 6.07) is 7.92. The van der Waals surface area contributed by atoms with Gasteiger partial charge < -0.3 is 5.32 Å². The van der Waals surface area contributed by atoms with Gasteiger partial charge in [0.2, 0.25) is 5.91 Å². The fraction of sp³-hybridized carbons (Fsp3) is 0.222. The van der Waals surface area contributed by atoms with Crippen LogP contribution in [0, 0.1) is 13.8 Å². The number of anilines is 1. The van der Waals surface area contributed by atoms with Crippen LogP contribution in [-0.2, 0) is 9.59 Å². The first-order valence-electron chi connectivity index (χ1n) is 7.96. The minimum atomic E-state index is -0.184. The van der Waals surface area contributed by atoms with Gasteiger partial charge in [0.25, 0.3) is 5.91 Å². The molecule has 1 aliphatic rings. The van der Waals surface area contributed by atoms with Gasteiger partial charge in [-0.2, -0.15) is 0 Å². The summed E-state index contributed by atoms with van der Waals surface area (Å²) in [7, 11) is 0. The highest BCUT2D eigenvalue weighted by molar-refractivity contribution is 8.26. The molecule has 2 aromatic rings. The molecule has 8 heteroatoms. The van der Waals surface area contributed by atoms with Crippen molar-refractivity contribution in [2.75, 3.05) is 11.9 Å². The van der Waals surface area contributed by atoms with Crippen molar-refractivity contribution in [1.82, 2.24) is 9.88 Å². The van der Waals surface area contributed by atoms with E-state index in [1.165, 1.54) is 28.0 Å². The number of amides is 2. The smallest absolute Gasteiger partial charge is 0.266 e. The van der Waals surface area contributed by atoms with E-state index in [0.29, 0.717) is 14.4 Å². The third-order valence-electron chi connectivity index (χ3n) is 3.68. The molecule has 3 rings (SSSR count). The highest BCUT2D eigenvalue weighted by atomic mass is 32.2. The molecule has 1 saturated heterocycles. The van der Waals surface area contributed by atoms with Crippen molar-refractivity contribution in [1.29, 1.82) is 0 Å². The number of aryl methyl sites for hydroxylation is 2. The largest absolute Gasteiger partial charge is 0.302 e. The van der Waals surface area contributed by atoms with Crippen LogP contribution in [0.15, 0.2) is 34.6 Å². The van der Waals surface area contributed by atoms with Crippen molar-refractivity contribution in [3.05, 3.63) is 51.4 Å². The Labute approximate surface area is 165 Å². The molecule has 5 nitrogen and oxygen atoms in total. The first kappa shape index (κ1) is 18.8. The normalized spacial score (nSPS) is 15.8. The Balaban J connectivity index is 1.60. The number of thioether (sulfide) groups is 1. The first-order valence-corrected chi connectivity index (χ1v) is 10.1. The number of carbonyl (C=O) groups is 2. The number of thiocarbonyl (C=S) groups is 1. The van der Waals surface area contributed by atoms with Gasteiger partial charge in [-0.3, -0.25) is 14.5 Å². The number of nitrogens with zero attached hydrogens (tertiary/aromatic N) is 2. The van der Waals surface area contributed by atoms with E-state index in [1.54, 1.807) is 0 Å². The monoisotopic (exact) mass is 403 g/mol. The number of hydrogen-bond acceptors (Lipinski definition) is 6. The summed E-state index contributed by atoms with van der Waals surface area (Å²) in [5.74, 6) is -0.339. The van der Waals surface area contributed by atoms with Crippen LogP contribution in [0.25, 0.3) is 6.08 Å². The summed E-state index contributed by atoms with van der Waals surface area (Å²) in [5, 5.41) is 5.17. The summed E-state index contributed by atoms with van der Waals surface area (Å²) in [6.07, 6.45) is 2.00. The van der Waals surface area contributed by atoms with Crippen molar-refractivity contribution in [2.45, 2.75) is 20.3 Å². The van der Waals surface area contributed by atoms with Crippen molar-refractivity contribution in [3.63, 3.8) is 0 Å². The van der Waals surface area contributed by atoms with Crippen molar-refractivity contribution < 1.29 is 9.59 Å². The second-order valence-corrected chi connectivity index (χ2v) is 8.37. The third-order valence-corrected chi connectivity index (χ3v) is 5.93. The molecule has 0 atom stereocenters. The second kappa shape index (κ2) is 8.11. The maximum Gasteiger partial charge on any atom is 0.266 e. The van der Waals surface area contributed by atoms with E-state index in [0.717, 1.165) is 16.8 Å². The predicted molar refractivity (Wildman–Crippen MR) is 111 cm³/mol. The molecule has 1 fully saturated rings. The lowest BCUT2D eigenvalue weighted by molar-refractivity contribution is -0.122. The number of rotatable bonds is 5. The van der Waals surface area contributed by atoms with Gasteiger partial charge in [0.05, 0.1) is 10.6 Å². The molecular weight excluding hydrogens is 386 g/mol. The molecule has 1 N–H and O–H groups in total. The topological polar surface area (TPSA) is 62.3 Å². The molecule has 134 valence electrons. The lowest BCUT2D eigenvalue weighted by Crippen LogP contribution is -2.31. The van der Waals surface area contributed by atoms with Crippen molar-refractivity contribution in [2.24, 2.45) is 0 Å². The highest BCUT2D eigenvalue weighted by Gasteiger charge is 2.32. The Morgan fingerprint density at radius 2 is 2.04 bits per heavy atom. The molecule has 0 radical (unpaired) electrons. The Kier molecular flexibility index (Phi) is 5.85. The maximum atomic E-state index is 12.6. The van der Waals surface area contributed by atoms with Crippen LogP contribution in [-0.4, -0.2) is 32.6 Å². The molecule has 0 bridgehead atoms. The number of nitrogens with one attached hydrogen (secondary N) is 1. The third kappa shape index (κ3) is 4.57. The van der Waals surface area contributed by atoms with Gasteiger partial charge in [0.1, 0.15) is 4.32 Å². The van der Waals surface area contributed by atoms with E-state index < -0.39 is 0 Å².